The minimum absolute atomic E-state index is 0.141. The van der Waals surface area contributed by atoms with Gasteiger partial charge in [-0.05, 0) is 103 Å². The van der Waals surface area contributed by atoms with Crippen LogP contribution in [0.2, 0.25) is 0 Å². The highest BCUT2D eigenvalue weighted by molar-refractivity contribution is 5.88. The SMILES string of the molecule is CC(C)(C)OC(=O)NC12CCC(C(=O)NC(CCCCCCCc3ccc4c(n3)NCCC4)C(=O)O)(CC1)CC2. The number of ether oxygens (including phenoxy) is 1. The molecule has 1 aromatic rings. The number of carbonyl (C=O) groups excluding carboxylic acids is 2. The quantitative estimate of drug-likeness (QED) is 0.250. The highest BCUT2D eigenvalue weighted by atomic mass is 16.6. The largest absolute Gasteiger partial charge is 0.480 e. The van der Waals surface area contributed by atoms with Crippen LogP contribution in [0, 0.1) is 5.41 Å². The van der Waals surface area contributed by atoms with Crippen LogP contribution in [-0.4, -0.2) is 51.8 Å². The van der Waals surface area contributed by atoms with E-state index in [1.807, 2.05) is 20.8 Å². The monoisotopic (exact) mass is 556 g/mol. The van der Waals surface area contributed by atoms with Crippen molar-refractivity contribution < 1.29 is 24.2 Å². The molecule has 1 aliphatic heterocycles. The normalized spacial score (nSPS) is 24.4. The van der Waals surface area contributed by atoms with Crippen molar-refractivity contribution in [2.45, 2.75) is 134 Å². The van der Waals surface area contributed by atoms with E-state index in [1.165, 1.54) is 5.56 Å². The van der Waals surface area contributed by atoms with Crippen LogP contribution in [0.1, 0.15) is 115 Å². The zero-order valence-electron chi connectivity index (χ0n) is 24.6. The van der Waals surface area contributed by atoms with Crippen molar-refractivity contribution in [3.8, 4) is 0 Å². The van der Waals surface area contributed by atoms with Crippen molar-refractivity contribution in [2.24, 2.45) is 5.41 Å². The summed E-state index contributed by atoms with van der Waals surface area (Å²) < 4.78 is 5.44. The number of aromatic nitrogens is 1. The summed E-state index contributed by atoms with van der Waals surface area (Å²) in [5.41, 5.74) is 1.01. The van der Waals surface area contributed by atoms with Crippen LogP contribution in [0.25, 0.3) is 0 Å². The number of carboxylic acids is 1. The summed E-state index contributed by atoms with van der Waals surface area (Å²) in [5.74, 6) is -0.0646. The number of nitrogens with zero attached hydrogens (tertiary/aromatic N) is 1. The van der Waals surface area contributed by atoms with Crippen LogP contribution >= 0.6 is 0 Å². The lowest BCUT2D eigenvalue weighted by molar-refractivity contribution is -0.147. The third-order valence-electron chi connectivity index (χ3n) is 8.98. The third-order valence-corrected chi connectivity index (χ3v) is 8.98. The highest BCUT2D eigenvalue weighted by Gasteiger charge is 2.53. The Hall–Kier alpha value is -2.84. The Kier molecular flexibility index (Phi) is 9.62. The first kappa shape index (κ1) is 30.1. The van der Waals surface area contributed by atoms with Crippen LogP contribution in [0.15, 0.2) is 12.1 Å². The summed E-state index contributed by atoms with van der Waals surface area (Å²) in [6.07, 6.45) is 12.2. The molecule has 222 valence electrons. The molecule has 2 amide bonds. The number of carboxylic acid groups (broad SMARTS) is 1. The van der Waals surface area contributed by atoms with Gasteiger partial charge in [0.25, 0.3) is 0 Å². The van der Waals surface area contributed by atoms with Crippen LogP contribution in [0.4, 0.5) is 10.6 Å². The number of hydrogen-bond donors (Lipinski definition) is 4. The minimum atomic E-state index is -0.968. The molecule has 40 heavy (non-hydrogen) atoms. The van der Waals surface area contributed by atoms with Gasteiger partial charge >= 0.3 is 12.1 Å². The Morgan fingerprint density at radius 3 is 2.38 bits per heavy atom. The van der Waals surface area contributed by atoms with Gasteiger partial charge in [0.2, 0.25) is 5.91 Å². The Balaban J connectivity index is 1.15. The fourth-order valence-corrected chi connectivity index (χ4v) is 6.50. The number of fused-ring (bicyclic) bond motifs is 4. The molecule has 3 fully saturated rings. The zero-order valence-corrected chi connectivity index (χ0v) is 24.6. The van der Waals surface area contributed by atoms with Crippen molar-refractivity contribution in [1.82, 2.24) is 15.6 Å². The van der Waals surface area contributed by atoms with Crippen LogP contribution in [-0.2, 0) is 27.2 Å². The minimum Gasteiger partial charge on any atom is -0.480 e. The topological polar surface area (TPSA) is 130 Å². The first-order valence-electron chi connectivity index (χ1n) is 15.3. The first-order valence-corrected chi connectivity index (χ1v) is 15.3. The molecular weight excluding hydrogens is 508 g/mol. The summed E-state index contributed by atoms with van der Waals surface area (Å²) in [6, 6.07) is 3.48. The molecule has 2 bridgehead atoms. The van der Waals surface area contributed by atoms with Gasteiger partial charge < -0.3 is 25.8 Å². The predicted molar refractivity (Wildman–Crippen MR) is 154 cm³/mol. The summed E-state index contributed by atoms with van der Waals surface area (Å²) in [4.78, 5) is 42.4. The smallest absolute Gasteiger partial charge is 0.408 e. The number of amides is 2. The average molecular weight is 557 g/mol. The molecule has 0 aromatic carbocycles. The van der Waals surface area contributed by atoms with Crippen molar-refractivity contribution in [3.63, 3.8) is 0 Å². The van der Waals surface area contributed by atoms with E-state index in [1.54, 1.807) is 0 Å². The molecule has 3 aliphatic carbocycles. The van der Waals surface area contributed by atoms with Gasteiger partial charge in [0, 0.05) is 23.2 Å². The number of aliphatic carboxylic acids is 1. The van der Waals surface area contributed by atoms with Crippen molar-refractivity contribution in [3.05, 3.63) is 23.4 Å². The second-order valence-corrected chi connectivity index (χ2v) is 13.2. The maximum atomic E-state index is 13.3. The molecular formula is C31H48N4O5. The van der Waals surface area contributed by atoms with E-state index >= 15 is 0 Å². The molecule has 3 saturated carbocycles. The van der Waals surface area contributed by atoms with Crippen LogP contribution < -0.4 is 16.0 Å². The standard InChI is InChI=1S/C31H48N4O5/c1-29(2,3)40-28(39)35-31-18-15-30(16-19-31,17-20-31)27(38)34-24(26(36)37)12-8-6-4-5-7-11-23-14-13-22-10-9-21-32-25(22)33-23/h13-14,24H,4-12,15-21H2,1-3H3,(H,32,33)(H,34,38)(H,35,39)(H,36,37). The van der Waals surface area contributed by atoms with E-state index < -0.39 is 29.1 Å². The van der Waals surface area contributed by atoms with E-state index in [4.69, 9.17) is 9.72 Å². The average Bonchev–Trinajstić information content (AvgIpc) is 2.91. The molecule has 1 aromatic heterocycles. The van der Waals surface area contributed by atoms with Crippen molar-refractivity contribution in [1.29, 1.82) is 0 Å². The Morgan fingerprint density at radius 1 is 1.02 bits per heavy atom. The maximum absolute atomic E-state index is 13.3. The molecule has 0 radical (unpaired) electrons. The highest BCUT2D eigenvalue weighted by Crippen LogP contribution is 2.52. The molecule has 4 N–H and O–H groups in total. The fourth-order valence-electron chi connectivity index (χ4n) is 6.50. The molecule has 1 unspecified atom stereocenters. The lowest BCUT2D eigenvalue weighted by atomic mass is 9.57. The van der Waals surface area contributed by atoms with Crippen LogP contribution in [0.5, 0.6) is 0 Å². The number of pyridine rings is 1. The van der Waals surface area contributed by atoms with Gasteiger partial charge in [-0.25, -0.2) is 14.6 Å². The maximum Gasteiger partial charge on any atom is 0.408 e. The molecule has 5 rings (SSSR count). The lowest BCUT2D eigenvalue weighted by Gasteiger charge is -2.52. The number of rotatable bonds is 12. The molecule has 9 nitrogen and oxygen atoms in total. The molecule has 0 saturated heterocycles. The van der Waals surface area contributed by atoms with Crippen LogP contribution in [0.3, 0.4) is 0 Å². The fraction of sp³-hybridized carbons (Fsp3) is 0.742. The summed E-state index contributed by atoms with van der Waals surface area (Å²) in [7, 11) is 0. The third kappa shape index (κ3) is 7.88. The van der Waals surface area contributed by atoms with Gasteiger partial charge in [0.05, 0.1) is 0 Å². The Labute approximate surface area is 238 Å². The zero-order chi connectivity index (χ0) is 28.8. The lowest BCUT2D eigenvalue weighted by Crippen LogP contribution is -2.61. The number of nitrogens with one attached hydrogen (secondary N) is 3. The summed E-state index contributed by atoms with van der Waals surface area (Å²) in [5, 5.41) is 19.1. The van der Waals surface area contributed by atoms with E-state index in [-0.39, 0.29) is 11.4 Å². The van der Waals surface area contributed by atoms with Gasteiger partial charge in [-0.3, -0.25) is 4.79 Å². The summed E-state index contributed by atoms with van der Waals surface area (Å²) in [6.45, 7) is 6.52. The van der Waals surface area contributed by atoms with E-state index in [0.717, 1.165) is 69.4 Å². The molecule has 9 heteroatoms. The van der Waals surface area contributed by atoms with Gasteiger partial charge in [-0.2, -0.15) is 0 Å². The van der Waals surface area contributed by atoms with E-state index in [9.17, 15) is 19.5 Å². The molecule has 2 heterocycles. The number of carbonyl (C=O) groups is 3. The Morgan fingerprint density at radius 2 is 1.70 bits per heavy atom. The number of unbranched alkanes of at least 4 members (excludes halogenated alkanes) is 4. The van der Waals surface area contributed by atoms with Gasteiger partial charge in [-0.1, -0.05) is 31.7 Å². The molecule has 0 spiro atoms. The predicted octanol–water partition coefficient (Wildman–Crippen LogP) is 5.51. The first-order chi connectivity index (χ1) is 19.0. The number of alkyl carbamates (subject to hydrolysis) is 1. The van der Waals surface area contributed by atoms with Gasteiger partial charge in [0.15, 0.2) is 0 Å². The van der Waals surface area contributed by atoms with Gasteiger partial charge in [-0.15, -0.1) is 0 Å². The number of anilines is 1. The van der Waals surface area contributed by atoms with Crippen molar-refractivity contribution in [2.75, 3.05) is 11.9 Å². The molecule has 4 aliphatic rings. The second-order valence-electron chi connectivity index (χ2n) is 13.2. The van der Waals surface area contributed by atoms with Gasteiger partial charge in [0.1, 0.15) is 17.5 Å². The second kappa shape index (κ2) is 12.8. The van der Waals surface area contributed by atoms with Crippen molar-refractivity contribution >= 4 is 23.8 Å². The molecule has 1 atom stereocenters. The Bertz CT molecular complexity index is 1040. The number of hydrogen-bond acceptors (Lipinski definition) is 6. The van der Waals surface area contributed by atoms with E-state index in [0.29, 0.717) is 44.9 Å². The number of aryl methyl sites for hydroxylation is 2. The van der Waals surface area contributed by atoms with E-state index in [2.05, 4.69) is 28.1 Å². The summed E-state index contributed by atoms with van der Waals surface area (Å²) >= 11 is 0.